The van der Waals surface area contributed by atoms with Gasteiger partial charge in [0, 0.05) is 6.54 Å². The molecule has 0 fully saturated rings. The average molecular weight is 392 g/mol. The molecule has 1 aromatic rings. The van der Waals surface area contributed by atoms with Crippen molar-refractivity contribution in [1.82, 2.24) is 10.0 Å². The van der Waals surface area contributed by atoms with E-state index in [1.165, 1.54) is 12.1 Å². The van der Waals surface area contributed by atoms with Crippen LogP contribution in [0.3, 0.4) is 0 Å². The minimum Gasteiger partial charge on any atom is -0.316 e. The van der Waals surface area contributed by atoms with Crippen LogP contribution < -0.4 is 15.2 Å². The molecule has 0 bridgehead atoms. The lowest BCUT2D eigenvalue weighted by Gasteiger charge is -2.09. The fourth-order valence-corrected chi connectivity index (χ4v) is 3.41. The van der Waals surface area contributed by atoms with Crippen LogP contribution in [0.2, 0.25) is 0 Å². The van der Waals surface area contributed by atoms with Gasteiger partial charge in [-0.1, -0.05) is 18.6 Å². The predicted octanol–water partition coefficient (Wildman–Crippen LogP) is 0.964. The first kappa shape index (κ1) is 22.0. The number of rotatable bonds is 12. The third kappa shape index (κ3) is 8.77. The molecule has 0 aliphatic rings. The SMILES string of the molecule is CC(C)S(=O)(=O)NCCCCCNCCc1ccc(S(N)(=O)=O)cc1. The number of unbranched alkanes of at least 4 members (excludes halogenated alkanes) is 2. The summed E-state index contributed by atoms with van der Waals surface area (Å²) in [5.41, 5.74) is 1.04. The van der Waals surface area contributed by atoms with Gasteiger partial charge in [-0.05, 0) is 63.9 Å². The lowest BCUT2D eigenvalue weighted by atomic mass is 10.1. The van der Waals surface area contributed by atoms with Gasteiger partial charge in [0.15, 0.2) is 0 Å². The molecule has 1 rings (SSSR count). The Morgan fingerprint density at radius 2 is 1.52 bits per heavy atom. The van der Waals surface area contributed by atoms with Crippen LogP contribution in [0.25, 0.3) is 0 Å². The van der Waals surface area contributed by atoms with Crippen molar-refractivity contribution >= 4 is 20.0 Å². The van der Waals surface area contributed by atoms with Crippen LogP contribution in [0.15, 0.2) is 29.2 Å². The van der Waals surface area contributed by atoms with Gasteiger partial charge in [-0.15, -0.1) is 0 Å². The van der Waals surface area contributed by atoms with Gasteiger partial charge in [-0.2, -0.15) is 0 Å². The van der Waals surface area contributed by atoms with Crippen LogP contribution in [0, 0.1) is 0 Å². The van der Waals surface area contributed by atoms with E-state index in [0.29, 0.717) is 6.54 Å². The molecule has 1 aromatic carbocycles. The Hall–Kier alpha value is -1.00. The molecule has 0 amide bonds. The smallest absolute Gasteiger partial charge is 0.238 e. The molecule has 0 saturated carbocycles. The Bertz CT molecular complexity index is 714. The monoisotopic (exact) mass is 391 g/mol. The number of sulfonamides is 2. The number of benzene rings is 1. The molecule has 7 nitrogen and oxygen atoms in total. The number of primary sulfonamides is 1. The van der Waals surface area contributed by atoms with E-state index in [1.807, 2.05) is 0 Å². The summed E-state index contributed by atoms with van der Waals surface area (Å²) in [5, 5.41) is 7.98. The molecule has 0 radical (unpaired) electrons. The summed E-state index contributed by atoms with van der Waals surface area (Å²) in [6.07, 6.45) is 3.56. The second kappa shape index (κ2) is 10.2. The second-order valence-corrected chi connectivity index (χ2v) is 10.1. The second-order valence-electron chi connectivity index (χ2n) is 6.24. The van der Waals surface area contributed by atoms with Crippen LogP contribution in [0.5, 0.6) is 0 Å². The molecule has 25 heavy (non-hydrogen) atoms. The van der Waals surface area contributed by atoms with Crippen molar-refractivity contribution in [3.8, 4) is 0 Å². The van der Waals surface area contributed by atoms with Crippen molar-refractivity contribution < 1.29 is 16.8 Å². The minimum atomic E-state index is -3.63. The molecule has 0 aliphatic heterocycles. The summed E-state index contributed by atoms with van der Waals surface area (Å²) in [5.74, 6) is 0. The topological polar surface area (TPSA) is 118 Å². The molecule has 144 valence electrons. The Labute approximate surface area is 151 Å². The summed E-state index contributed by atoms with van der Waals surface area (Å²) < 4.78 is 48.0. The zero-order chi connectivity index (χ0) is 18.9. The van der Waals surface area contributed by atoms with Gasteiger partial charge in [0.2, 0.25) is 20.0 Å². The number of nitrogens with two attached hydrogens (primary N) is 1. The summed E-state index contributed by atoms with van der Waals surface area (Å²) >= 11 is 0. The molecular formula is C16H29N3O4S2. The highest BCUT2D eigenvalue weighted by molar-refractivity contribution is 7.90. The highest BCUT2D eigenvalue weighted by Crippen LogP contribution is 2.08. The fourth-order valence-electron chi connectivity index (χ4n) is 2.14. The highest BCUT2D eigenvalue weighted by Gasteiger charge is 2.13. The van der Waals surface area contributed by atoms with Crippen molar-refractivity contribution in [2.75, 3.05) is 19.6 Å². The van der Waals surface area contributed by atoms with Gasteiger partial charge in [0.25, 0.3) is 0 Å². The first-order chi connectivity index (χ1) is 11.6. The molecular weight excluding hydrogens is 362 g/mol. The Balaban J connectivity index is 2.09. The minimum absolute atomic E-state index is 0.122. The quantitative estimate of drug-likeness (QED) is 0.459. The number of nitrogens with one attached hydrogen (secondary N) is 2. The summed E-state index contributed by atoms with van der Waals surface area (Å²) in [4.78, 5) is 0.122. The van der Waals surface area contributed by atoms with E-state index in [4.69, 9.17) is 5.14 Å². The van der Waals surface area contributed by atoms with E-state index < -0.39 is 25.3 Å². The third-order valence-electron chi connectivity index (χ3n) is 3.80. The molecule has 0 aromatic heterocycles. The van der Waals surface area contributed by atoms with E-state index in [2.05, 4.69) is 10.0 Å². The first-order valence-electron chi connectivity index (χ1n) is 8.44. The van der Waals surface area contributed by atoms with Gasteiger partial charge in [-0.25, -0.2) is 26.7 Å². The van der Waals surface area contributed by atoms with E-state index in [-0.39, 0.29) is 4.90 Å². The van der Waals surface area contributed by atoms with E-state index in [0.717, 1.165) is 44.3 Å². The maximum atomic E-state index is 11.6. The molecule has 0 aliphatic carbocycles. The van der Waals surface area contributed by atoms with Gasteiger partial charge in [0.05, 0.1) is 10.1 Å². The van der Waals surface area contributed by atoms with Crippen molar-refractivity contribution in [2.45, 2.75) is 49.7 Å². The summed E-state index contributed by atoms with van der Waals surface area (Å²) in [6, 6.07) is 6.57. The van der Waals surface area contributed by atoms with Crippen molar-refractivity contribution in [2.24, 2.45) is 5.14 Å². The molecule has 0 unspecified atom stereocenters. The maximum Gasteiger partial charge on any atom is 0.238 e. The third-order valence-corrected chi connectivity index (χ3v) is 6.57. The predicted molar refractivity (Wildman–Crippen MR) is 100 cm³/mol. The van der Waals surface area contributed by atoms with Gasteiger partial charge in [0.1, 0.15) is 0 Å². The zero-order valence-corrected chi connectivity index (χ0v) is 16.5. The van der Waals surface area contributed by atoms with Crippen molar-refractivity contribution in [3.05, 3.63) is 29.8 Å². The molecule has 0 spiro atoms. The van der Waals surface area contributed by atoms with Crippen LogP contribution in [0.4, 0.5) is 0 Å². The Morgan fingerprint density at radius 1 is 0.920 bits per heavy atom. The average Bonchev–Trinajstić information content (AvgIpc) is 2.52. The molecule has 0 atom stereocenters. The summed E-state index contributed by atoms with van der Waals surface area (Å²) in [6.45, 7) is 5.47. The van der Waals surface area contributed by atoms with Crippen molar-refractivity contribution in [1.29, 1.82) is 0 Å². The molecule has 0 heterocycles. The van der Waals surface area contributed by atoms with E-state index in [9.17, 15) is 16.8 Å². The first-order valence-corrected chi connectivity index (χ1v) is 11.5. The van der Waals surface area contributed by atoms with Gasteiger partial charge < -0.3 is 5.32 Å². The molecule has 4 N–H and O–H groups in total. The number of hydrogen-bond acceptors (Lipinski definition) is 5. The van der Waals surface area contributed by atoms with Crippen LogP contribution >= 0.6 is 0 Å². The molecule has 0 saturated heterocycles. The van der Waals surface area contributed by atoms with Crippen LogP contribution in [-0.4, -0.2) is 41.7 Å². The lowest BCUT2D eigenvalue weighted by Crippen LogP contribution is -2.31. The standard InChI is InChI=1S/C16H29N3O4S2/c1-14(2)25(22,23)19-12-5-3-4-11-18-13-10-15-6-8-16(9-7-15)24(17,20)21/h6-9,14,18-19H,3-5,10-13H2,1-2H3,(H2,17,20,21). The van der Waals surface area contributed by atoms with Crippen molar-refractivity contribution in [3.63, 3.8) is 0 Å². The van der Waals surface area contributed by atoms with Gasteiger partial charge in [-0.3, -0.25) is 0 Å². The normalized spacial score (nSPS) is 12.6. The lowest BCUT2D eigenvalue weighted by molar-refractivity contribution is 0.561. The maximum absolute atomic E-state index is 11.6. The van der Waals surface area contributed by atoms with Crippen LogP contribution in [-0.2, 0) is 26.5 Å². The largest absolute Gasteiger partial charge is 0.316 e. The number of hydrogen-bond donors (Lipinski definition) is 3. The fraction of sp³-hybridized carbons (Fsp3) is 0.625. The highest BCUT2D eigenvalue weighted by atomic mass is 32.2. The summed E-state index contributed by atoms with van der Waals surface area (Å²) in [7, 11) is -6.79. The van der Waals surface area contributed by atoms with Gasteiger partial charge >= 0.3 is 0 Å². The Morgan fingerprint density at radius 3 is 2.08 bits per heavy atom. The zero-order valence-electron chi connectivity index (χ0n) is 14.9. The van der Waals surface area contributed by atoms with E-state index >= 15 is 0 Å². The van der Waals surface area contributed by atoms with Crippen LogP contribution in [0.1, 0.15) is 38.7 Å². The van der Waals surface area contributed by atoms with E-state index in [1.54, 1.807) is 26.0 Å². The Kier molecular flexibility index (Phi) is 9.01. The molecule has 9 heteroatoms.